The molecule has 0 fully saturated rings. The maximum atomic E-state index is 14.3. The van der Waals surface area contributed by atoms with E-state index in [1.54, 1.807) is 0 Å². The van der Waals surface area contributed by atoms with Gasteiger partial charge in [0.15, 0.2) is 23.9 Å². The molecule has 3 N–H and O–H groups in total. The van der Waals surface area contributed by atoms with E-state index in [1.165, 1.54) is 37.6 Å². The molecular weight excluding hydrogens is 398 g/mol. The van der Waals surface area contributed by atoms with Gasteiger partial charge >= 0.3 is 0 Å². The van der Waals surface area contributed by atoms with Crippen LogP contribution in [0.4, 0.5) is 15.9 Å². The van der Waals surface area contributed by atoms with Gasteiger partial charge in [-0.25, -0.2) is 14.4 Å². The van der Waals surface area contributed by atoms with Crippen LogP contribution in [0, 0.1) is 5.82 Å². The highest BCUT2D eigenvalue weighted by Crippen LogP contribution is 2.36. The summed E-state index contributed by atoms with van der Waals surface area (Å²) in [6.07, 6.45) is 1.26. The lowest BCUT2D eigenvalue weighted by Gasteiger charge is -2.12. The van der Waals surface area contributed by atoms with Gasteiger partial charge in [-0.15, -0.1) is 0 Å². The van der Waals surface area contributed by atoms with E-state index >= 15 is 0 Å². The fraction of sp³-hybridized carbons (Fsp3) is 0.118. The Balaban J connectivity index is 1.97. The molecule has 0 atom stereocenters. The van der Waals surface area contributed by atoms with Crippen molar-refractivity contribution < 1.29 is 19.0 Å². The van der Waals surface area contributed by atoms with Gasteiger partial charge in [-0.3, -0.25) is 4.79 Å². The number of phenolic OH excluding ortho intramolecular Hbond substituents is 1. The van der Waals surface area contributed by atoms with Crippen LogP contribution in [0.25, 0.3) is 10.9 Å². The summed E-state index contributed by atoms with van der Waals surface area (Å²) in [7, 11) is 1.47. The van der Waals surface area contributed by atoms with Crippen molar-refractivity contribution in [2.75, 3.05) is 19.0 Å². The Morgan fingerprint density at radius 2 is 2.07 bits per heavy atom. The summed E-state index contributed by atoms with van der Waals surface area (Å²) in [5, 5.41) is 15.7. The Morgan fingerprint density at radius 1 is 1.30 bits per heavy atom. The Hall–Kier alpha value is -2.84. The normalized spacial score (nSPS) is 10.7. The number of anilines is 2. The molecule has 0 aliphatic carbocycles. The van der Waals surface area contributed by atoms with Crippen LogP contribution in [0.2, 0.25) is 10.0 Å². The Kier molecular flexibility index (Phi) is 5.48. The fourth-order valence-corrected chi connectivity index (χ4v) is 2.56. The molecule has 1 amide bonds. The second-order valence-corrected chi connectivity index (χ2v) is 6.15. The molecule has 3 aromatic rings. The van der Waals surface area contributed by atoms with Gasteiger partial charge in [0.2, 0.25) is 0 Å². The highest BCUT2D eigenvalue weighted by Gasteiger charge is 2.15. The highest BCUT2D eigenvalue weighted by molar-refractivity contribution is 6.42. The number of ether oxygens (including phenoxy) is 1. The molecule has 27 heavy (non-hydrogen) atoms. The van der Waals surface area contributed by atoms with Gasteiger partial charge in [0.05, 0.1) is 21.2 Å². The molecule has 140 valence electrons. The molecule has 10 heteroatoms. The second kappa shape index (κ2) is 7.81. The van der Waals surface area contributed by atoms with Gasteiger partial charge in [-0.05, 0) is 18.2 Å². The van der Waals surface area contributed by atoms with Gasteiger partial charge < -0.3 is 20.5 Å². The molecule has 1 aromatic heterocycles. The van der Waals surface area contributed by atoms with E-state index < -0.39 is 5.82 Å². The summed E-state index contributed by atoms with van der Waals surface area (Å²) < 4.78 is 19.5. The van der Waals surface area contributed by atoms with Gasteiger partial charge in [0, 0.05) is 18.5 Å². The molecule has 0 saturated heterocycles. The van der Waals surface area contributed by atoms with E-state index in [4.69, 9.17) is 27.9 Å². The monoisotopic (exact) mass is 410 g/mol. The average molecular weight is 411 g/mol. The predicted octanol–water partition coefficient (Wildman–Crippen LogP) is 3.65. The van der Waals surface area contributed by atoms with Crippen molar-refractivity contribution in [1.29, 1.82) is 0 Å². The Labute approximate surface area is 163 Å². The third-order valence-corrected chi connectivity index (χ3v) is 4.42. The number of aromatic hydroxyl groups is 1. The first-order valence-electron chi connectivity index (χ1n) is 7.62. The molecule has 1 heterocycles. The van der Waals surface area contributed by atoms with Crippen molar-refractivity contribution in [2.45, 2.75) is 0 Å². The number of benzene rings is 2. The predicted molar refractivity (Wildman–Crippen MR) is 100 cm³/mol. The summed E-state index contributed by atoms with van der Waals surface area (Å²) in [4.78, 5) is 19.5. The molecule has 0 spiro atoms. The number of hydrogen-bond donors (Lipinski definition) is 3. The zero-order valence-corrected chi connectivity index (χ0v) is 15.4. The second-order valence-electron chi connectivity index (χ2n) is 5.37. The molecule has 0 aliphatic heterocycles. The van der Waals surface area contributed by atoms with Crippen molar-refractivity contribution in [3.05, 3.63) is 46.5 Å². The number of likely N-dealkylation sites (N-methyl/N-ethyl adjacent to an activating group) is 1. The number of hydrogen-bond acceptors (Lipinski definition) is 6. The van der Waals surface area contributed by atoms with Crippen LogP contribution < -0.4 is 15.4 Å². The molecule has 0 saturated carbocycles. The number of fused-ring (bicyclic) bond motifs is 1. The lowest BCUT2D eigenvalue weighted by molar-refractivity contribution is -0.122. The van der Waals surface area contributed by atoms with E-state index in [0.29, 0.717) is 10.9 Å². The van der Waals surface area contributed by atoms with Crippen LogP contribution in [0.5, 0.6) is 11.5 Å². The topological polar surface area (TPSA) is 96.4 Å². The van der Waals surface area contributed by atoms with Gasteiger partial charge in [0.1, 0.15) is 12.1 Å². The Morgan fingerprint density at radius 3 is 2.81 bits per heavy atom. The van der Waals surface area contributed by atoms with Gasteiger partial charge in [0.25, 0.3) is 5.91 Å². The van der Waals surface area contributed by atoms with Crippen molar-refractivity contribution in [3.8, 4) is 11.5 Å². The zero-order valence-electron chi connectivity index (χ0n) is 13.9. The standard InChI is InChI=1S/C17H13Cl2FN4O3/c1-21-14(26)6-27-13-5-11-8(4-12(13)25)17(23-7-22-11)24-10-3-2-9(18)15(19)16(10)20/h2-5,7,25H,6H2,1H3,(H,21,26)(H,22,23,24). The number of nitrogens with one attached hydrogen (secondary N) is 2. The molecule has 0 radical (unpaired) electrons. The first-order chi connectivity index (χ1) is 12.9. The number of amides is 1. The lowest BCUT2D eigenvalue weighted by Crippen LogP contribution is -2.24. The number of aromatic nitrogens is 2. The molecule has 7 nitrogen and oxygen atoms in total. The van der Waals surface area contributed by atoms with E-state index in [2.05, 4.69) is 20.6 Å². The SMILES string of the molecule is CNC(=O)COc1cc2ncnc(Nc3ccc(Cl)c(Cl)c3F)c2cc1O. The summed E-state index contributed by atoms with van der Waals surface area (Å²) in [6.45, 7) is -0.264. The largest absolute Gasteiger partial charge is 0.504 e. The summed E-state index contributed by atoms with van der Waals surface area (Å²) in [5.41, 5.74) is 0.474. The van der Waals surface area contributed by atoms with Crippen molar-refractivity contribution in [2.24, 2.45) is 0 Å². The highest BCUT2D eigenvalue weighted by atomic mass is 35.5. The lowest BCUT2D eigenvalue weighted by atomic mass is 10.2. The third-order valence-electron chi connectivity index (χ3n) is 3.64. The van der Waals surface area contributed by atoms with E-state index in [9.17, 15) is 14.3 Å². The number of carbonyl (C=O) groups is 1. The summed E-state index contributed by atoms with van der Waals surface area (Å²) >= 11 is 11.6. The van der Waals surface area contributed by atoms with Crippen LogP contribution in [0.3, 0.4) is 0 Å². The van der Waals surface area contributed by atoms with E-state index in [-0.39, 0.29) is 45.6 Å². The fourth-order valence-electron chi connectivity index (χ4n) is 2.25. The first-order valence-corrected chi connectivity index (χ1v) is 8.38. The number of rotatable bonds is 5. The van der Waals surface area contributed by atoms with Gasteiger partial charge in [-0.2, -0.15) is 0 Å². The molecule has 2 aromatic carbocycles. The maximum absolute atomic E-state index is 14.3. The summed E-state index contributed by atoms with van der Waals surface area (Å²) in [5.74, 6) is -0.985. The Bertz CT molecular complexity index is 1030. The maximum Gasteiger partial charge on any atom is 0.257 e. The van der Waals surface area contributed by atoms with Crippen LogP contribution in [0.1, 0.15) is 0 Å². The minimum atomic E-state index is -0.731. The number of phenols is 1. The summed E-state index contributed by atoms with van der Waals surface area (Å²) in [6, 6.07) is 5.66. The minimum Gasteiger partial charge on any atom is -0.504 e. The number of carbonyl (C=O) groups excluding carboxylic acids is 1. The first kappa shape index (κ1) is 18.9. The van der Waals surface area contributed by atoms with Crippen LogP contribution in [-0.2, 0) is 4.79 Å². The molecule has 3 rings (SSSR count). The van der Waals surface area contributed by atoms with Crippen molar-refractivity contribution in [1.82, 2.24) is 15.3 Å². The van der Waals surface area contributed by atoms with Gasteiger partial charge in [-0.1, -0.05) is 23.2 Å². The quantitative estimate of drug-likeness (QED) is 0.555. The van der Waals surface area contributed by atoms with Crippen molar-refractivity contribution in [3.63, 3.8) is 0 Å². The zero-order chi connectivity index (χ0) is 19.6. The molecule has 0 unspecified atom stereocenters. The smallest absolute Gasteiger partial charge is 0.257 e. The van der Waals surface area contributed by atoms with E-state index in [0.717, 1.165) is 0 Å². The third kappa shape index (κ3) is 3.96. The van der Waals surface area contributed by atoms with Crippen LogP contribution in [-0.4, -0.2) is 34.6 Å². The molecule has 0 aliphatic rings. The number of nitrogens with zero attached hydrogens (tertiary/aromatic N) is 2. The molecule has 0 bridgehead atoms. The van der Waals surface area contributed by atoms with Crippen molar-refractivity contribution >= 4 is 51.5 Å². The van der Waals surface area contributed by atoms with E-state index in [1.807, 2.05) is 0 Å². The van der Waals surface area contributed by atoms with Crippen LogP contribution >= 0.6 is 23.2 Å². The van der Waals surface area contributed by atoms with Crippen LogP contribution in [0.15, 0.2) is 30.6 Å². The number of halogens is 3. The minimum absolute atomic E-state index is 0.0591. The average Bonchev–Trinajstić information content (AvgIpc) is 2.67. The molecular formula is C17H13Cl2FN4O3.